The molecule has 1 aromatic heterocycles. The molecule has 6 heteroatoms. The zero-order valence-corrected chi connectivity index (χ0v) is 8.92. The fourth-order valence-electron chi connectivity index (χ4n) is 1.20. The van der Waals surface area contributed by atoms with Crippen molar-refractivity contribution in [2.75, 3.05) is 0 Å². The molecule has 0 saturated carbocycles. The molecule has 1 unspecified atom stereocenters. The summed E-state index contributed by atoms with van der Waals surface area (Å²) in [6.45, 7) is 1.83. The Labute approximate surface area is 93.2 Å². The van der Waals surface area contributed by atoms with Gasteiger partial charge in [0.05, 0.1) is 6.04 Å². The van der Waals surface area contributed by atoms with Crippen LogP contribution < -0.4 is 11.1 Å². The maximum atomic E-state index is 11.7. The average molecular weight is 222 g/mol. The molecule has 16 heavy (non-hydrogen) atoms. The first-order valence-corrected chi connectivity index (χ1v) is 4.87. The Morgan fingerprint density at radius 2 is 2.25 bits per heavy atom. The predicted molar refractivity (Wildman–Crippen MR) is 59.2 cm³/mol. The zero-order valence-electron chi connectivity index (χ0n) is 8.92. The van der Waals surface area contributed by atoms with Crippen LogP contribution in [-0.2, 0) is 0 Å². The van der Waals surface area contributed by atoms with Crippen molar-refractivity contribution in [3.8, 4) is 0 Å². The van der Waals surface area contributed by atoms with E-state index in [0.29, 0.717) is 12.0 Å². The van der Waals surface area contributed by atoms with Crippen molar-refractivity contribution in [1.29, 1.82) is 0 Å². The lowest BCUT2D eigenvalue weighted by Gasteiger charge is -2.14. The molecular weight excluding hydrogens is 208 g/mol. The number of hydrogen-bond acceptors (Lipinski definition) is 4. The standard InChI is InChI=1S/C10H14N4O2/c1-2-8(9(11)14-16)13-10(15)7-3-5-12-6-4-7/h3-6,8,16H,2H2,1H3,(H2,11,14)(H,13,15). The van der Waals surface area contributed by atoms with Crippen LogP contribution in [0.25, 0.3) is 0 Å². The Bertz CT molecular complexity index is 378. The maximum absolute atomic E-state index is 11.7. The Morgan fingerprint density at radius 3 is 2.75 bits per heavy atom. The van der Waals surface area contributed by atoms with Crippen molar-refractivity contribution in [3.63, 3.8) is 0 Å². The summed E-state index contributed by atoms with van der Waals surface area (Å²) >= 11 is 0. The quantitative estimate of drug-likeness (QED) is 0.296. The molecule has 0 aromatic carbocycles. The van der Waals surface area contributed by atoms with Crippen LogP contribution in [0, 0.1) is 0 Å². The SMILES string of the molecule is CCC(NC(=O)c1ccncc1)/C(N)=N/O. The smallest absolute Gasteiger partial charge is 0.251 e. The molecule has 0 fully saturated rings. The van der Waals surface area contributed by atoms with Gasteiger partial charge in [-0.3, -0.25) is 9.78 Å². The van der Waals surface area contributed by atoms with Gasteiger partial charge in [0, 0.05) is 18.0 Å². The summed E-state index contributed by atoms with van der Waals surface area (Å²) in [6.07, 6.45) is 3.60. The van der Waals surface area contributed by atoms with Crippen LogP contribution >= 0.6 is 0 Å². The molecule has 0 aliphatic carbocycles. The van der Waals surface area contributed by atoms with E-state index in [-0.39, 0.29) is 11.7 Å². The number of nitrogens with one attached hydrogen (secondary N) is 1. The van der Waals surface area contributed by atoms with E-state index >= 15 is 0 Å². The zero-order chi connectivity index (χ0) is 12.0. The molecule has 1 aromatic rings. The number of pyridine rings is 1. The van der Waals surface area contributed by atoms with Crippen LogP contribution in [0.3, 0.4) is 0 Å². The van der Waals surface area contributed by atoms with Crippen molar-refractivity contribution in [2.24, 2.45) is 10.9 Å². The first kappa shape index (κ1) is 12.0. The van der Waals surface area contributed by atoms with E-state index in [9.17, 15) is 4.79 Å². The van der Waals surface area contributed by atoms with Crippen LogP contribution in [0.2, 0.25) is 0 Å². The number of carbonyl (C=O) groups is 1. The number of hydrogen-bond donors (Lipinski definition) is 3. The second-order valence-corrected chi connectivity index (χ2v) is 3.20. The molecule has 1 heterocycles. The fourth-order valence-corrected chi connectivity index (χ4v) is 1.20. The summed E-state index contributed by atoms with van der Waals surface area (Å²) in [5, 5.41) is 14.0. The van der Waals surface area contributed by atoms with Crippen molar-refractivity contribution in [1.82, 2.24) is 10.3 Å². The minimum absolute atomic E-state index is 0.00935. The highest BCUT2D eigenvalue weighted by molar-refractivity contribution is 5.98. The number of nitrogens with two attached hydrogens (primary N) is 1. The monoisotopic (exact) mass is 222 g/mol. The third-order valence-corrected chi connectivity index (χ3v) is 2.13. The largest absolute Gasteiger partial charge is 0.409 e. The van der Waals surface area contributed by atoms with E-state index in [1.807, 2.05) is 6.92 Å². The number of amides is 1. The molecule has 4 N–H and O–H groups in total. The number of nitrogens with zero attached hydrogens (tertiary/aromatic N) is 2. The minimum atomic E-state index is -0.467. The number of rotatable bonds is 4. The van der Waals surface area contributed by atoms with Gasteiger partial charge in [0.15, 0.2) is 5.84 Å². The second kappa shape index (κ2) is 5.69. The van der Waals surface area contributed by atoms with E-state index in [4.69, 9.17) is 10.9 Å². The molecule has 0 saturated heterocycles. The van der Waals surface area contributed by atoms with Crippen molar-refractivity contribution in [2.45, 2.75) is 19.4 Å². The molecule has 6 nitrogen and oxygen atoms in total. The van der Waals surface area contributed by atoms with Crippen molar-refractivity contribution >= 4 is 11.7 Å². The van der Waals surface area contributed by atoms with Gasteiger partial charge in [-0.25, -0.2) is 0 Å². The van der Waals surface area contributed by atoms with Gasteiger partial charge in [-0.1, -0.05) is 12.1 Å². The lowest BCUT2D eigenvalue weighted by Crippen LogP contribution is -2.44. The van der Waals surface area contributed by atoms with E-state index in [1.54, 1.807) is 12.1 Å². The average Bonchev–Trinajstić information content (AvgIpc) is 2.35. The van der Waals surface area contributed by atoms with E-state index in [2.05, 4.69) is 15.5 Å². The predicted octanol–water partition coefficient (Wildman–Crippen LogP) is 0.336. The van der Waals surface area contributed by atoms with E-state index in [1.165, 1.54) is 12.4 Å². The van der Waals surface area contributed by atoms with Crippen LogP contribution in [0.1, 0.15) is 23.7 Å². The Morgan fingerprint density at radius 1 is 1.62 bits per heavy atom. The normalized spacial score (nSPS) is 13.2. The van der Waals surface area contributed by atoms with E-state index < -0.39 is 6.04 Å². The third kappa shape index (κ3) is 2.94. The van der Waals surface area contributed by atoms with Crippen LogP contribution in [0.15, 0.2) is 29.7 Å². The number of amidine groups is 1. The highest BCUT2D eigenvalue weighted by Crippen LogP contribution is 1.99. The van der Waals surface area contributed by atoms with Gasteiger partial charge in [-0.15, -0.1) is 0 Å². The highest BCUT2D eigenvalue weighted by Gasteiger charge is 2.15. The molecule has 1 atom stereocenters. The lowest BCUT2D eigenvalue weighted by molar-refractivity contribution is 0.0945. The second-order valence-electron chi connectivity index (χ2n) is 3.20. The summed E-state index contributed by atoms with van der Waals surface area (Å²) in [5.74, 6) is -0.286. The van der Waals surface area contributed by atoms with Gasteiger partial charge in [-0.2, -0.15) is 0 Å². The van der Waals surface area contributed by atoms with Crippen molar-refractivity contribution in [3.05, 3.63) is 30.1 Å². The molecule has 0 spiro atoms. The van der Waals surface area contributed by atoms with Gasteiger partial charge in [0.2, 0.25) is 0 Å². The summed E-state index contributed by atoms with van der Waals surface area (Å²) in [7, 11) is 0. The van der Waals surface area contributed by atoms with Gasteiger partial charge in [0.1, 0.15) is 0 Å². The van der Waals surface area contributed by atoms with Gasteiger partial charge in [0.25, 0.3) is 5.91 Å². The van der Waals surface area contributed by atoms with Gasteiger partial charge in [-0.05, 0) is 18.6 Å². The summed E-state index contributed by atoms with van der Waals surface area (Å²) < 4.78 is 0. The number of carbonyl (C=O) groups excluding carboxylic acids is 1. The van der Waals surface area contributed by atoms with E-state index in [0.717, 1.165) is 0 Å². The highest BCUT2D eigenvalue weighted by atomic mass is 16.4. The molecule has 0 radical (unpaired) electrons. The van der Waals surface area contributed by atoms with Crippen LogP contribution in [0.5, 0.6) is 0 Å². The first-order chi connectivity index (χ1) is 7.69. The van der Waals surface area contributed by atoms with Crippen LogP contribution in [-0.4, -0.2) is 28.0 Å². The molecule has 0 aliphatic heterocycles. The van der Waals surface area contributed by atoms with Crippen LogP contribution in [0.4, 0.5) is 0 Å². The molecular formula is C10H14N4O2. The Balaban J connectivity index is 2.70. The molecule has 0 bridgehead atoms. The number of oxime groups is 1. The minimum Gasteiger partial charge on any atom is -0.409 e. The van der Waals surface area contributed by atoms with Gasteiger partial charge >= 0.3 is 0 Å². The lowest BCUT2D eigenvalue weighted by atomic mass is 10.2. The topological polar surface area (TPSA) is 101 Å². The Hall–Kier alpha value is -2.11. The molecule has 1 rings (SSSR count). The summed E-state index contributed by atoms with van der Waals surface area (Å²) in [4.78, 5) is 15.5. The number of aromatic nitrogens is 1. The molecule has 0 aliphatic rings. The fraction of sp³-hybridized carbons (Fsp3) is 0.300. The third-order valence-electron chi connectivity index (χ3n) is 2.13. The Kier molecular flexibility index (Phi) is 4.26. The summed E-state index contributed by atoms with van der Waals surface area (Å²) in [6, 6.07) is 2.72. The summed E-state index contributed by atoms with van der Waals surface area (Å²) in [5.41, 5.74) is 5.91. The maximum Gasteiger partial charge on any atom is 0.251 e. The van der Waals surface area contributed by atoms with Crippen molar-refractivity contribution < 1.29 is 10.0 Å². The molecule has 86 valence electrons. The first-order valence-electron chi connectivity index (χ1n) is 4.87. The van der Waals surface area contributed by atoms with Gasteiger partial charge < -0.3 is 16.3 Å². The molecule has 1 amide bonds.